The first-order valence-electron chi connectivity index (χ1n) is 11.6. The number of pyridine rings is 1. The number of ether oxygens (including phenoxy) is 1. The Bertz CT molecular complexity index is 1360. The van der Waals surface area contributed by atoms with E-state index in [1.807, 2.05) is 35.9 Å². The van der Waals surface area contributed by atoms with Gasteiger partial charge < -0.3 is 14.6 Å². The number of nitrogens with zero attached hydrogens (tertiary/aromatic N) is 3. The van der Waals surface area contributed by atoms with Crippen molar-refractivity contribution in [2.24, 2.45) is 7.05 Å². The van der Waals surface area contributed by atoms with Gasteiger partial charge >= 0.3 is 0 Å². The number of fused-ring (bicyclic) bond motifs is 1. The van der Waals surface area contributed by atoms with Gasteiger partial charge in [-0.15, -0.1) is 0 Å². The van der Waals surface area contributed by atoms with Crippen LogP contribution in [0.15, 0.2) is 54.7 Å². The van der Waals surface area contributed by atoms with Crippen LogP contribution in [-0.4, -0.2) is 20.3 Å². The van der Waals surface area contributed by atoms with E-state index in [0.29, 0.717) is 29.1 Å². The molecule has 2 heterocycles. The second kappa shape index (κ2) is 9.25. The lowest BCUT2D eigenvalue weighted by Gasteiger charge is -2.13. The predicted molar refractivity (Wildman–Crippen MR) is 130 cm³/mol. The first-order valence-corrected chi connectivity index (χ1v) is 11.6. The normalized spacial score (nSPS) is 14.0. The molecule has 2 aromatic carbocycles. The van der Waals surface area contributed by atoms with Gasteiger partial charge in [-0.3, -0.25) is 9.78 Å². The number of aryl methyl sites for hydroxylation is 1. The maximum atomic E-state index is 14.4. The monoisotopic (exact) mass is 458 g/mol. The van der Waals surface area contributed by atoms with Crippen molar-refractivity contribution in [3.8, 4) is 11.5 Å². The van der Waals surface area contributed by atoms with Crippen LogP contribution < -0.4 is 10.1 Å². The molecule has 1 aliphatic carbocycles. The van der Waals surface area contributed by atoms with Crippen molar-refractivity contribution in [1.29, 1.82) is 0 Å². The highest BCUT2D eigenvalue weighted by molar-refractivity contribution is 5.81. The molecule has 6 nitrogen and oxygen atoms in total. The van der Waals surface area contributed by atoms with E-state index in [1.165, 1.54) is 6.92 Å². The van der Waals surface area contributed by atoms with Crippen LogP contribution in [0.2, 0.25) is 0 Å². The number of carbonyl (C=O) groups is 1. The molecule has 0 unspecified atom stereocenters. The number of hydrogen-bond acceptors (Lipinski definition) is 5. The maximum Gasteiger partial charge on any atom is 0.208 e. The fourth-order valence-corrected chi connectivity index (χ4v) is 4.66. The quantitative estimate of drug-likeness (QED) is 0.345. The van der Waals surface area contributed by atoms with Crippen LogP contribution >= 0.6 is 0 Å². The number of ketones is 1. The standard InChI is InChI=1S/C27H27FN4O2/c1-17(33)13-20-14-22(11-12-29-20)34-21-8-10-26-25(16-21)31-27(32(26)2)30-19-7-9-24(28)23(15-19)18-5-3-4-6-18/h7-12,14-16,18H,3-6,13H2,1-2H3,(H,30,31). The minimum absolute atomic E-state index is 0.0519. The van der Waals surface area contributed by atoms with E-state index in [2.05, 4.69) is 10.3 Å². The number of aromatic nitrogens is 3. The molecule has 0 amide bonds. The maximum absolute atomic E-state index is 14.4. The summed E-state index contributed by atoms with van der Waals surface area (Å²) in [5.74, 6) is 2.14. The largest absolute Gasteiger partial charge is 0.457 e. The Hall–Kier alpha value is -3.74. The zero-order valence-corrected chi connectivity index (χ0v) is 19.3. The van der Waals surface area contributed by atoms with Crippen LogP contribution in [0, 0.1) is 5.82 Å². The van der Waals surface area contributed by atoms with Crippen LogP contribution in [0.1, 0.15) is 49.8 Å². The summed E-state index contributed by atoms with van der Waals surface area (Å²) in [6.45, 7) is 1.54. The van der Waals surface area contributed by atoms with Gasteiger partial charge in [0.05, 0.1) is 16.7 Å². The Morgan fingerprint density at radius 3 is 2.71 bits per heavy atom. The molecule has 174 valence electrons. The highest BCUT2D eigenvalue weighted by atomic mass is 19.1. The number of hydrogen-bond donors (Lipinski definition) is 1. The Kier molecular flexibility index (Phi) is 6.01. The van der Waals surface area contributed by atoms with E-state index in [4.69, 9.17) is 9.72 Å². The summed E-state index contributed by atoms with van der Waals surface area (Å²) in [6.07, 6.45) is 6.32. The summed E-state index contributed by atoms with van der Waals surface area (Å²) in [7, 11) is 1.94. The summed E-state index contributed by atoms with van der Waals surface area (Å²) < 4.78 is 22.4. The van der Waals surface area contributed by atoms with E-state index >= 15 is 0 Å². The minimum Gasteiger partial charge on any atom is -0.457 e. The first kappa shape index (κ1) is 22.1. The summed E-state index contributed by atoms with van der Waals surface area (Å²) >= 11 is 0. The van der Waals surface area contributed by atoms with Gasteiger partial charge in [0.25, 0.3) is 0 Å². The van der Waals surface area contributed by atoms with Crippen molar-refractivity contribution in [1.82, 2.24) is 14.5 Å². The SMILES string of the molecule is CC(=O)Cc1cc(Oc2ccc3c(c2)nc(Nc2ccc(F)c(C4CCCC4)c2)n3C)ccn1. The van der Waals surface area contributed by atoms with Crippen molar-refractivity contribution in [3.63, 3.8) is 0 Å². The molecule has 1 fully saturated rings. The second-order valence-corrected chi connectivity index (χ2v) is 8.95. The van der Waals surface area contributed by atoms with Gasteiger partial charge in [-0.1, -0.05) is 12.8 Å². The fourth-order valence-electron chi connectivity index (χ4n) is 4.66. The van der Waals surface area contributed by atoms with Crippen LogP contribution in [-0.2, 0) is 18.3 Å². The molecule has 0 spiro atoms. The minimum atomic E-state index is -0.133. The van der Waals surface area contributed by atoms with E-state index < -0.39 is 0 Å². The van der Waals surface area contributed by atoms with Gasteiger partial charge in [0.1, 0.15) is 23.1 Å². The number of anilines is 2. The molecule has 0 bridgehead atoms. The summed E-state index contributed by atoms with van der Waals surface area (Å²) in [5.41, 5.74) is 4.01. The number of carbonyl (C=O) groups excluding carboxylic acids is 1. The highest BCUT2D eigenvalue weighted by Gasteiger charge is 2.21. The van der Waals surface area contributed by atoms with E-state index in [1.54, 1.807) is 30.5 Å². The van der Waals surface area contributed by atoms with E-state index in [9.17, 15) is 9.18 Å². The number of benzene rings is 2. The smallest absolute Gasteiger partial charge is 0.208 e. The summed E-state index contributed by atoms with van der Waals surface area (Å²) in [4.78, 5) is 20.3. The van der Waals surface area contributed by atoms with Crippen molar-refractivity contribution in [2.45, 2.75) is 44.9 Å². The van der Waals surface area contributed by atoms with Crippen LogP contribution in [0.5, 0.6) is 11.5 Å². The number of nitrogens with one attached hydrogen (secondary N) is 1. The Balaban J connectivity index is 1.38. The van der Waals surface area contributed by atoms with Gasteiger partial charge in [0.15, 0.2) is 0 Å². The zero-order valence-electron chi connectivity index (χ0n) is 19.3. The van der Waals surface area contributed by atoms with Crippen molar-refractivity contribution in [2.75, 3.05) is 5.32 Å². The topological polar surface area (TPSA) is 69.0 Å². The third-order valence-electron chi connectivity index (χ3n) is 6.35. The third kappa shape index (κ3) is 4.64. The van der Waals surface area contributed by atoms with E-state index in [0.717, 1.165) is 48.0 Å². The average Bonchev–Trinajstić information content (AvgIpc) is 3.44. The Morgan fingerprint density at radius 2 is 1.91 bits per heavy atom. The fraction of sp³-hybridized carbons (Fsp3) is 0.296. The van der Waals surface area contributed by atoms with Crippen molar-refractivity contribution in [3.05, 3.63) is 71.8 Å². The lowest BCUT2D eigenvalue weighted by atomic mass is 9.96. The molecule has 5 rings (SSSR count). The molecule has 0 saturated heterocycles. The molecular weight excluding hydrogens is 431 g/mol. The Labute approximate surface area is 197 Å². The average molecular weight is 459 g/mol. The Morgan fingerprint density at radius 1 is 1.12 bits per heavy atom. The lowest BCUT2D eigenvalue weighted by molar-refractivity contribution is -0.116. The number of halogens is 1. The van der Waals surface area contributed by atoms with Crippen LogP contribution in [0.3, 0.4) is 0 Å². The predicted octanol–water partition coefficient (Wildman–Crippen LogP) is 6.43. The molecular formula is C27H27FN4O2. The van der Waals surface area contributed by atoms with Crippen molar-refractivity contribution >= 4 is 28.5 Å². The van der Waals surface area contributed by atoms with E-state index in [-0.39, 0.29) is 18.0 Å². The molecule has 0 aliphatic heterocycles. The molecule has 34 heavy (non-hydrogen) atoms. The molecule has 1 N–H and O–H groups in total. The summed E-state index contributed by atoms with van der Waals surface area (Å²) in [6, 6.07) is 14.5. The number of imidazole rings is 1. The van der Waals surface area contributed by atoms with Crippen LogP contribution in [0.4, 0.5) is 16.0 Å². The van der Waals surface area contributed by atoms with Gasteiger partial charge in [0.2, 0.25) is 5.95 Å². The molecule has 7 heteroatoms. The molecule has 4 aromatic rings. The second-order valence-electron chi connectivity index (χ2n) is 8.95. The number of Topliss-reactive ketones (excluding diaryl/α,β-unsaturated/α-hetero) is 1. The lowest BCUT2D eigenvalue weighted by Crippen LogP contribution is -2.02. The highest BCUT2D eigenvalue weighted by Crippen LogP contribution is 2.37. The molecule has 2 aromatic heterocycles. The van der Waals surface area contributed by atoms with Gasteiger partial charge in [-0.2, -0.15) is 0 Å². The molecule has 1 saturated carbocycles. The van der Waals surface area contributed by atoms with Crippen molar-refractivity contribution < 1.29 is 13.9 Å². The third-order valence-corrected chi connectivity index (χ3v) is 6.35. The summed E-state index contributed by atoms with van der Waals surface area (Å²) in [5, 5.41) is 3.35. The molecule has 1 aliphatic rings. The van der Waals surface area contributed by atoms with Gasteiger partial charge in [-0.05, 0) is 67.6 Å². The first-order chi connectivity index (χ1) is 16.5. The van der Waals surface area contributed by atoms with Crippen LogP contribution in [0.25, 0.3) is 11.0 Å². The molecule has 0 atom stereocenters. The van der Waals surface area contributed by atoms with Gasteiger partial charge in [-0.25, -0.2) is 9.37 Å². The van der Waals surface area contributed by atoms with Gasteiger partial charge in [0, 0.05) is 37.5 Å². The zero-order chi connectivity index (χ0) is 23.7. The molecule has 0 radical (unpaired) electrons. The number of rotatable bonds is 7.